The monoisotopic (exact) mass is 1050 g/mol. The van der Waals surface area contributed by atoms with Crippen LogP contribution in [0.2, 0.25) is 0 Å². The van der Waals surface area contributed by atoms with Gasteiger partial charge >= 0.3 is 11.9 Å². The van der Waals surface area contributed by atoms with E-state index in [0.717, 1.165) is 43.4 Å². The second-order valence-corrected chi connectivity index (χ2v) is 20.1. The van der Waals surface area contributed by atoms with E-state index in [2.05, 4.69) is 33.5 Å². The Morgan fingerprint density at radius 1 is 0.711 bits per heavy atom. The molecule has 2 aliphatic heterocycles. The predicted octanol–water partition coefficient (Wildman–Crippen LogP) is 3.20. The number of rotatable bonds is 20. The Balaban J connectivity index is 1.58. The van der Waals surface area contributed by atoms with E-state index >= 15 is 4.79 Å². The van der Waals surface area contributed by atoms with Gasteiger partial charge in [0, 0.05) is 32.7 Å². The summed E-state index contributed by atoms with van der Waals surface area (Å²) in [4.78, 5) is 130. The van der Waals surface area contributed by atoms with Crippen molar-refractivity contribution in [1.29, 1.82) is 0 Å². The zero-order valence-corrected chi connectivity index (χ0v) is 44.1. The average molecular weight is 1050 g/mol. The van der Waals surface area contributed by atoms with E-state index in [1.54, 1.807) is 74.5 Å². The van der Waals surface area contributed by atoms with Crippen LogP contribution in [0, 0.1) is 5.92 Å². The summed E-state index contributed by atoms with van der Waals surface area (Å²) in [6.07, 6.45) is 1.69. The number of amides is 7. The lowest BCUT2D eigenvalue weighted by Crippen LogP contribution is -2.65. The molecule has 9 unspecified atom stereocenters. The van der Waals surface area contributed by atoms with Gasteiger partial charge in [0.1, 0.15) is 60.4 Å². The van der Waals surface area contributed by atoms with Gasteiger partial charge < -0.3 is 56.4 Å². The van der Waals surface area contributed by atoms with Crippen molar-refractivity contribution in [3.63, 3.8) is 0 Å². The Bertz CT molecular complexity index is 2460. The second-order valence-electron chi connectivity index (χ2n) is 20.1. The largest absolute Gasteiger partial charge is 0.508 e. The summed E-state index contributed by atoms with van der Waals surface area (Å²) in [7, 11) is 1.38. The van der Waals surface area contributed by atoms with Gasteiger partial charge in [-0.2, -0.15) is 0 Å². The molecule has 2 saturated heterocycles. The maximum atomic E-state index is 15.1. The maximum Gasteiger partial charge on any atom is 0.329 e. The highest BCUT2D eigenvalue weighted by molar-refractivity contribution is 5.99. The number of hydrogen-bond donors (Lipinski definition) is 8. The number of cyclic esters (lactones) is 1. The van der Waals surface area contributed by atoms with Crippen LogP contribution >= 0.6 is 0 Å². The van der Waals surface area contributed by atoms with E-state index in [9.17, 15) is 53.7 Å². The first-order valence-corrected chi connectivity index (χ1v) is 26.3. The van der Waals surface area contributed by atoms with Crippen molar-refractivity contribution >= 4 is 53.3 Å². The van der Waals surface area contributed by atoms with E-state index in [1.165, 1.54) is 43.1 Å². The Kier molecular flexibility index (Phi) is 22.8. The molecule has 2 heterocycles. The number of aliphatic carboxylic acids is 1. The van der Waals surface area contributed by atoms with Gasteiger partial charge in [-0.3, -0.25) is 38.4 Å². The van der Waals surface area contributed by atoms with Crippen LogP contribution in [0.1, 0.15) is 115 Å². The maximum absolute atomic E-state index is 15.1. The molecule has 0 aromatic heterocycles. The number of carbonyl (C=O) groups excluding carboxylic acids is 8. The summed E-state index contributed by atoms with van der Waals surface area (Å²) in [5.41, 5.74) is 1.67. The number of ether oxygens (including phenoxy) is 1. The van der Waals surface area contributed by atoms with E-state index in [0.29, 0.717) is 23.1 Å². The fraction of sp³-hybridized carbons (Fsp3) is 0.518. The molecule has 0 spiro atoms. The van der Waals surface area contributed by atoms with E-state index in [1.807, 2.05) is 0 Å². The highest BCUT2D eigenvalue weighted by Crippen LogP contribution is 2.26. The zero-order valence-electron chi connectivity index (χ0n) is 44.1. The van der Waals surface area contributed by atoms with Crippen LogP contribution in [0.15, 0.2) is 84.9 Å². The van der Waals surface area contributed by atoms with Crippen molar-refractivity contribution < 1.29 is 63.2 Å². The fourth-order valence-corrected chi connectivity index (χ4v) is 9.40. The van der Waals surface area contributed by atoms with Gasteiger partial charge in [0.25, 0.3) is 0 Å². The van der Waals surface area contributed by atoms with Crippen molar-refractivity contribution in [3.05, 3.63) is 102 Å². The van der Waals surface area contributed by atoms with E-state index in [-0.39, 0.29) is 44.3 Å². The number of nitrogens with zero attached hydrogens (tertiary/aromatic N) is 2. The number of nitrogens with one attached hydrogen (secondary N) is 5. The second kappa shape index (κ2) is 29.1. The Morgan fingerprint density at radius 3 is 1.88 bits per heavy atom. The minimum absolute atomic E-state index is 0.00444. The number of carboxylic acids is 1. The molecule has 8 N–H and O–H groups in total. The summed E-state index contributed by atoms with van der Waals surface area (Å²) in [5.74, 6) is -9.41. The van der Waals surface area contributed by atoms with E-state index in [4.69, 9.17) is 4.74 Å². The van der Waals surface area contributed by atoms with Crippen LogP contribution in [0.4, 0.5) is 0 Å². The predicted molar refractivity (Wildman–Crippen MR) is 279 cm³/mol. The number of phenolic OH excluding ortho intramolecular Hbond substituents is 1. The number of aliphatic hydroxyl groups is 1. The summed E-state index contributed by atoms with van der Waals surface area (Å²) < 4.78 is 5.90. The lowest BCUT2D eigenvalue weighted by atomic mass is 9.95. The van der Waals surface area contributed by atoms with Crippen LogP contribution in [-0.2, 0) is 67.2 Å². The normalized spacial score (nSPS) is 23.5. The summed E-state index contributed by atoms with van der Waals surface area (Å²) >= 11 is 0. The van der Waals surface area contributed by atoms with Gasteiger partial charge in [0.2, 0.25) is 41.4 Å². The fourth-order valence-electron chi connectivity index (χ4n) is 9.40. The SMILES string of the molecule is CCCCCCCCCC(=O)NC(CC(=O)O)C(=O)NC1C(=O)NC(Cc2ccc(O)cc2)C(=O)NC2CCC(O)N(C2=O)C(Cc2ccccc2)C(=O)N(C)C(Cc2ccccc2)C(=O)NC(C(C)C)C(=O)OC1C. The summed E-state index contributed by atoms with van der Waals surface area (Å²) in [6.45, 7) is 6.61. The number of hydrogen-bond acceptors (Lipinski definition) is 12. The van der Waals surface area contributed by atoms with Crippen LogP contribution in [0.5, 0.6) is 5.75 Å². The molecule has 2 aliphatic rings. The Labute approximate surface area is 444 Å². The van der Waals surface area contributed by atoms with Gasteiger partial charge in [-0.15, -0.1) is 0 Å². The first-order valence-electron chi connectivity index (χ1n) is 26.3. The third-order valence-electron chi connectivity index (χ3n) is 13.8. The van der Waals surface area contributed by atoms with Crippen molar-refractivity contribution in [2.75, 3.05) is 7.05 Å². The zero-order chi connectivity index (χ0) is 55.5. The topological polar surface area (TPSA) is 290 Å². The molecule has 0 aliphatic carbocycles. The minimum Gasteiger partial charge on any atom is -0.508 e. The Hall–Kier alpha value is -7.35. The Morgan fingerprint density at radius 2 is 1.29 bits per heavy atom. The highest BCUT2D eigenvalue weighted by Gasteiger charge is 2.46. The molecule has 0 saturated carbocycles. The molecule has 3 aromatic carbocycles. The van der Waals surface area contributed by atoms with Crippen LogP contribution in [0.3, 0.4) is 0 Å². The number of likely N-dealkylation sites (N-methyl/N-ethyl adjacent to an activating group) is 1. The van der Waals surface area contributed by atoms with Gasteiger partial charge in [0.05, 0.1) is 6.42 Å². The van der Waals surface area contributed by atoms with Crippen molar-refractivity contribution in [3.8, 4) is 5.75 Å². The number of aliphatic hydroxyl groups excluding tert-OH is 1. The van der Waals surface area contributed by atoms with Gasteiger partial charge in [-0.25, -0.2) is 4.79 Å². The van der Waals surface area contributed by atoms with Gasteiger partial charge in [0.15, 0.2) is 0 Å². The lowest BCUT2D eigenvalue weighted by Gasteiger charge is -2.43. The van der Waals surface area contributed by atoms with E-state index < -0.39 is 120 Å². The molecule has 9 atom stereocenters. The number of phenols is 1. The molecule has 7 amide bonds. The number of esters is 1. The molecule has 3 aromatic rings. The number of carbonyl (C=O) groups is 9. The van der Waals surface area contributed by atoms with Crippen molar-refractivity contribution in [1.82, 2.24) is 36.4 Å². The number of piperidine rings is 1. The highest BCUT2D eigenvalue weighted by atomic mass is 16.5. The minimum atomic E-state index is -1.89. The molecule has 412 valence electrons. The molecule has 0 radical (unpaired) electrons. The molecule has 20 nitrogen and oxygen atoms in total. The molecule has 20 heteroatoms. The first-order chi connectivity index (χ1) is 36.3. The van der Waals surface area contributed by atoms with Crippen LogP contribution < -0.4 is 26.6 Å². The number of carboxylic acid groups (broad SMARTS) is 1. The first kappa shape index (κ1) is 59.5. The van der Waals surface area contributed by atoms with Crippen molar-refractivity contribution in [2.45, 2.75) is 172 Å². The number of benzene rings is 3. The average Bonchev–Trinajstić information content (AvgIpc) is 3.39. The molecular weight excluding hydrogens is 979 g/mol. The summed E-state index contributed by atoms with van der Waals surface area (Å²) in [6, 6.07) is 12.5. The van der Waals surface area contributed by atoms with Crippen LogP contribution in [0.25, 0.3) is 0 Å². The van der Waals surface area contributed by atoms with Gasteiger partial charge in [-0.1, -0.05) is 132 Å². The molecule has 2 bridgehead atoms. The standard InChI is InChI=1S/C56H75N7O13/c1-6-7-8-9-10-11-18-23-45(65)57-42(33-47(67)68)51(70)61-49-35(4)76-56(75)48(34(2)3)60-52(71)43(31-36-19-14-12-15-20-36)62(5)55(74)44(32-37-21-16-13-17-22-37)63-46(66)29-28-40(54(63)73)58-50(69)41(59-53(49)72)30-38-24-26-39(64)27-25-38/h12-17,19-22,24-27,34-35,40-44,46,48-49,64,66H,6-11,18,23,28-33H2,1-5H3,(H,57,65)(H,58,69)(H,59,72)(H,60,71)(H,61,70)(H,67,68). The molecular formula is C56H75N7O13. The molecule has 5 rings (SSSR count). The van der Waals surface area contributed by atoms with Crippen molar-refractivity contribution in [2.24, 2.45) is 5.92 Å². The molecule has 2 fully saturated rings. The number of unbranched alkanes of at least 4 members (excludes halogenated alkanes) is 6. The molecule has 76 heavy (non-hydrogen) atoms. The number of fused-ring (bicyclic) bond motifs is 2. The summed E-state index contributed by atoms with van der Waals surface area (Å²) in [5, 5.41) is 44.6. The van der Waals surface area contributed by atoms with Gasteiger partial charge in [-0.05, 0) is 60.9 Å². The third kappa shape index (κ3) is 17.4. The lowest BCUT2D eigenvalue weighted by molar-refractivity contribution is -0.165. The number of aromatic hydroxyl groups is 1. The smallest absolute Gasteiger partial charge is 0.329 e. The third-order valence-corrected chi connectivity index (χ3v) is 13.8. The van der Waals surface area contributed by atoms with Crippen LogP contribution in [-0.4, -0.2) is 140 Å². The quantitative estimate of drug-likeness (QED) is 0.0597.